The van der Waals surface area contributed by atoms with Gasteiger partial charge in [0.15, 0.2) is 0 Å². The van der Waals surface area contributed by atoms with Gasteiger partial charge in [-0.25, -0.2) is 0 Å². The molecule has 0 fully saturated rings. The van der Waals surface area contributed by atoms with Crippen LogP contribution in [0.1, 0.15) is 150 Å². The van der Waals surface area contributed by atoms with Crippen molar-refractivity contribution in [3.63, 3.8) is 0 Å². The second-order valence-electron chi connectivity index (χ2n) is 9.50. The third-order valence-electron chi connectivity index (χ3n) is 6.31. The van der Waals surface area contributed by atoms with E-state index in [2.05, 4.69) is 39.5 Å². The third kappa shape index (κ3) is 16.6. The van der Waals surface area contributed by atoms with Crippen LogP contribution in [0.5, 0.6) is 0 Å². The second kappa shape index (κ2) is 19.3. The van der Waals surface area contributed by atoms with Gasteiger partial charge in [-0.1, -0.05) is 117 Å². The van der Waals surface area contributed by atoms with Gasteiger partial charge in [-0.15, -0.1) is 0 Å². The molecular formula is C26H55N. The molecule has 0 unspecified atom stereocenters. The number of hydrogen-bond donors (Lipinski definition) is 0. The van der Waals surface area contributed by atoms with Gasteiger partial charge in [0.2, 0.25) is 0 Å². The Morgan fingerprint density at radius 2 is 0.778 bits per heavy atom. The fourth-order valence-corrected chi connectivity index (χ4v) is 4.20. The molecule has 0 rings (SSSR count). The van der Waals surface area contributed by atoms with Gasteiger partial charge in [-0.05, 0) is 46.2 Å². The lowest BCUT2D eigenvalue weighted by molar-refractivity contribution is 0.102. The third-order valence-corrected chi connectivity index (χ3v) is 6.31. The van der Waals surface area contributed by atoms with Crippen LogP contribution in [0.25, 0.3) is 0 Å². The molecule has 0 atom stereocenters. The summed E-state index contributed by atoms with van der Waals surface area (Å²) in [5.41, 5.74) is 0.388. The van der Waals surface area contributed by atoms with Crippen LogP contribution in [0.3, 0.4) is 0 Å². The Balaban J connectivity index is 4.20. The summed E-state index contributed by atoms with van der Waals surface area (Å²) >= 11 is 0. The Bertz CT molecular complexity index is 270. The van der Waals surface area contributed by atoms with Gasteiger partial charge < -0.3 is 0 Å². The zero-order chi connectivity index (χ0) is 20.2. The normalized spacial score (nSPS) is 12.2. The molecular weight excluding hydrogens is 326 g/mol. The maximum atomic E-state index is 2.85. The highest BCUT2D eigenvalue weighted by Gasteiger charge is 2.25. The van der Waals surface area contributed by atoms with Crippen molar-refractivity contribution in [3.8, 4) is 0 Å². The standard InChI is InChI=1S/C26H55N/c1-6-9-12-15-16-17-20-23-26(4,5)27(24-21-18-13-10-7-2)25-22-19-14-11-8-3/h6-25H2,1-5H3. The Morgan fingerprint density at radius 1 is 0.444 bits per heavy atom. The van der Waals surface area contributed by atoms with Gasteiger partial charge in [-0.3, -0.25) is 4.90 Å². The molecule has 27 heavy (non-hydrogen) atoms. The quantitative estimate of drug-likeness (QED) is 0.179. The van der Waals surface area contributed by atoms with Gasteiger partial charge in [0.05, 0.1) is 0 Å². The molecule has 0 radical (unpaired) electrons. The molecule has 0 aliphatic rings. The molecule has 0 aliphatic heterocycles. The van der Waals surface area contributed by atoms with Crippen LogP contribution in [0, 0.1) is 0 Å². The van der Waals surface area contributed by atoms with Crippen molar-refractivity contribution in [2.75, 3.05) is 13.1 Å². The van der Waals surface area contributed by atoms with Crippen LogP contribution in [-0.2, 0) is 0 Å². The zero-order valence-electron chi connectivity index (χ0n) is 20.1. The van der Waals surface area contributed by atoms with Gasteiger partial charge in [-0.2, -0.15) is 0 Å². The molecule has 0 amide bonds. The first-order valence-electron chi connectivity index (χ1n) is 12.8. The molecule has 0 aromatic rings. The molecule has 164 valence electrons. The number of rotatable bonds is 21. The summed E-state index contributed by atoms with van der Waals surface area (Å²) in [6.07, 6.45) is 25.4. The van der Waals surface area contributed by atoms with Crippen molar-refractivity contribution in [2.24, 2.45) is 0 Å². The van der Waals surface area contributed by atoms with Crippen molar-refractivity contribution in [1.29, 1.82) is 0 Å². The maximum Gasteiger partial charge on any atom is 0.0153 e. The second-order valence-corrected chi connectivity index (χ2v) is 9.50. The summed E-state index contributed by atoms with van der Waals surface area (Å²) in [6.45, 7) is 14.6. The van der Waals surface area contributed by atoms with E-state index in [0.717, 1.165) is 0 Å². The monoisotopic (exact) mass is 381 g/mol. The average Bonchev–Trinajstić information content (AvgIpc) is 2.65. The van der Waals surface area contributed by atoms with Crippen molar-refractivity contribution < 1.29 is 0 Å². The van der Waals surface area contributed by atoms with E-state index in [1.54, 1.807) is 0 Å². The molecule has 0 bridgehead atoms. The molecule has 0 aliphatic carbocycles. The van der Waals surface area contributed by atoms with Crippen LogP contribution in [0.4, 0.5) is 0 Å². The predicted molar refractivity (Wildman–Crippen MR) is 126 cm³/mol. The average molecular weight is 382 g/mol. The topological polar surface area (TPSA) is 3.24 Å². The largest absolute Gasteiger partial charge is 0.298 e. The van der Waals surface area contributed by atoms with Crippen LogP contribution in [-0.4, -0.2) is 23.5 Å². The minimum atomic E-state index is 0.388. The molecule has 1 nitrogen and oxygen atoms in total. The molecule has 0 aromatic carbocycles. The minimum Gasteiger partial charge on any atom is -0.298 e. The lowest BCUT2D eigenvalue weighted by Gasteiger charge is -2.39. The summed E-state index contributed by atoms with van der Waals surface area (Å²) in [5.74, 6) is 0. The van der Waals surface area contributed by atoms with Crippen LogP contribution in [0.2, 0.25) is 0 Å². The molecule has 0 spiro atoms. The number of unbranched alkanes of at least 4 members (excludes halogenated alkanes) is 14. The van der Waals surface area contributed by atoms with Crippen molar-refractivity contribution in [1.82, 2.24) is 4.90 Å². The molecule has 0 saturated heterocycles. The van der Waals surface area contributed by atoms with Crippen molar-refractivity contribution in [3.05, 3.63) is 0 Å². The zero-order valence-corrected chi connectivity index (χ0v) is 20.1. The molecule has 0 saturated carbocycles. The number of hydrogen-bond acceptors (Lipinski definition) is 1. The van der Waals surface area contributed by atoms with Crippen molar-refractivity contribution >= 4 is 0 Å². The summed E-state index contributed by atoms with van der Waals surface area (Å²) in [7, 11) is 0. The number of nitrogens with zero attached hydrogens (tertiary/aromatic N) is 1. The van der Waals surface area contributed by atoms with E-state index in [-0.39, 0.29) is 0 Å². The Hall–Kier alpha value is -0.0400. The predicted octanol–water partition coefficient (Wildman–Crippen LogP) is 9.15. The highest BCUT2D eigenvalue weighted by atomic mass is 15.2. The van der Waals surface area contributed by atoms with Gasteiger partial charge in [0.1, 0.15) is 0 Å². The van der Waals surface area contributed by atoms with Crippen LogP contribution >= 0.6 is 0 Å². The minimum absolute atomic E-state index is 0.388. The SMILES string of the molecule is CCCCCCCCCC(C)(C)N(CCCCCCC)CCCCCCC. The van der Waals surface area contributed by atoms with Gasteiger partial charge in [0.25, 0.3) is 0 Å². The first kappa shape index (κ1) is 27.0. The summed E-state index contributed by atoms with van der Waals surface area (Å²) in [6, 6.07) is 0. The maximum absolute atomic E-state index is 2.85. The Morgan fingerprint density at radius 3 is 1.19 bits per heavy atom. The highest BCUT2D eigenvalue weighted by molar-refractivity contribution is 4.81. The van der Waals surface area contributed by atoms with Crippen molar-refractivity contribution in [2.45, 2.75) is 156 Å². The van der Waals surface area contributed by atoms with E-state index in [1.165, 1.54) is 129 Å². The van der Waals surface area contributed by atoms with E-state index >= 15 is 0 Å². The summed E-state index contributed by atoms with van der Waals surface area (Å²) < 4.78 is 0. The Kier molecular flexibility index (Phi) is 19.3. The highest BCUT2D eigenvalue weighted by Crippen LogP contribution is 2.24. The van der Waals surface area contributed by atoms with Crippen LogP contribution < -0.4 is 0 Å². The van der Waals surface area contributed by atoms with E-state index < -0.39 is 0 Å². The lowest BCUT2D eigenvalue weighted by atomic mass is 9.93. The summed E-state index contributed by atoms with van der Waals surface area (Å²) in [5, 5.41) is 0. The fourth-order valence-electron chi connectivity index (χ4n) is 4.20. The molecule has 0 heterocycles. The lowest BCUT2D eigenvalue weighted by Crippen LogP contribution is -2.45. The van der Waals surface area contributed by atoms with Gasteiger partial charge in [0, 0.05) is 5.54 Å². The van der Waals surface area contributed by atoms with E-state index in [1.807, 2.05) is 0 Å². The van der Waals surface area contributed by atoms with E-state index in [4.69, 9.17) is 0 Å². The summed E-state index contributed by atoms with van der Waals surface area (Å²) in [4.78, 5) is 2.85. The fraction of sp³-hybridized carbons (Fsp3) is 1.00. The first-order valence-corrected chi connectivity index (χ1v) is 12.8. The van der Waals surface area contributed by atoms with E-state index in [0.29, 0.717) is 5.54 Å². The Labute approximate surface area is 174 Å². The van der Waals surface area contributed by atoms with Gasteiger partial charge >= 0.3 is 0 Å². The molecule has 0 N–H and O–H groups in total. The molecule has 0 aromatic heterocycles. The molecule has 1 heteroatoms. The van der Waals surface area contributed by atoms with E-state index in [9.17, 15) is 0 Å². The first-order chi connectivity index (χ1) is 13.1. The van der Waals surface area contributed by atoms with Crippen LogP contribution in [0.15, 0.2) is 0 Å². The smallest absolute Gasteiger partial charge is 0.0153 e.